The Morgan fingerprint density at radius 1 is 0.889 bits per heavy atom. The van der Waals surface area contributed by atoms with Crippen molar-refractivity contribution in [2.45, 2.75) is 32.1 Å². The van der Waals surface area contributed by atoms with Gasteiger partial charge in [-0.25, -0.2) is 0 Å². The van der Waals surface area contributed by atoms with Gasteiger partial charge in [-0.15, -0.1) is 0 Å². The van der Waals surface area contributed by atoms with E-state index in [1.165, 1.54) is 22.5 Å². The molecule has 4 rings (SSSR count). The Morgan fingerprint density at radius 3 is 2.00 bits per heavy atom. The topological polar surface area (TPSA) is 43.8 Å². The van der Waals surface area contributed by atoms with Gasteiger partial charge in [-0.1, -0.05) is 36.4 Å². The highest BCUT2D eigenvalue weighted by Crippen LogP contribution is 2.35. The van der Waals surface area contributed by atoms with Crippen molar-refractivity contribution < 1.29 is 9.90 Å². The molecule has 0 atom stereocenters. The number of hydrogen-bond donors (Lipinski definition) is 1. The first-order valence-corrected chi connectivity index (χ1v) is 10.1. The van der Waals surface area contributed by atoms with Crippen molar-refractivity contribution in [3.63, 3.8) is 0 Å². The lowest BCUT2D eigenvalue weighted by Gasteiger charge is -2.32. The Hall–Kier alpha value is -2.33. The smallest absolute Gasteiger partial charge is 0.306 e. The number of carboxylic acid groups (broad SMARTS) is 1. The summed E-state index contributed by atoms with van der Waals surface area (Å²) in [6.07, 6.45) is 4.83. The van der Waals surface area contributed by atoms with E-state index >= 15 is 0 Å². The third-order valence-corrected chi connectivity index (χ3v) is 6.02. The SMILES string of the molecule is O=C(O)C1CCN(CCCN2c3ccccc3CCc3ccccc32)CC1. The average Bonchev–Trinajstić information content (AvgIpc) is 2.86. The molecule has 1 fully saturated rings. The van der Waals surface area contributed by atoms with Crippen molar-refractivity contribution in [2.75, 3.05) is 31.1 Å². The van der Waals surface area contributed by atoms with Gasteiger partial charge in [-0.05, 0) is 75.0 Å². The first-order chi connectivity index (χ1) is 13.2. The summed E-state index contributed by atoms with van der Waals surface area (Å²) in [5.41, 5.74) is 5.53. The maximum atomic E-state index is 11.1. The number of carboxylic acids is 1. The Kier molecular flexibility index (Phi) is 5.44. The highest BCUT2D eigenvalue weighted by Gasteiger charge is 2.25. The van der Waals surface area contributed by atoms with Crippen LogP contribution in [0, 0.1) is 5.92 Å². The highest BCUT2D eigenvalue weighted by atomic mass is 16.4. The van der Waals surface area contributed by atoms with Crippen molar-refractivity contribution in [3.8, 4) is 0 Å². The Bertz CT molecular complexity index is 749. The second kappa shape index (κ2) is 8.13. The zero-order valence-corrected chi connectivity index (χ0v) is 15.8. The highest BCUT2D eigenvalue weighted by molar-refractivity contribution is 5.71. The van der Waals surface area contributed by atoms with Crippen molar-refractivity contribution in [1.82, 2.24) is 4.90 Å². The molecule has 2 aliphatic rings. The summed E-state index contributed by atoms with van der Waals surface area (Å²) in [5.74, 6) is -0.780. The van der Waals surface area contributed by atoms with Gasteiger partial charge in [0.05, 0.1) is 5.92 Å². The van der Waals surface area contributed by atoms with E-state index < -0.39 is 5.97 Å². The number of fused-ring (bicyclic) bond motifs is 2. The molecule has 0 spiro atoms. The predicted octanol–water partition coefficient (Wildman–Crippen LogP) is 4.11. The lowest BCUT2D eigenvalue weighted by atomic mass is 9.97. The number of likely N-dealkylation sites (tertiary alicyclic amines) is 1. The Labute approximate surface area is 161 Å². The van der Waals surface area contributed by atoms with E-state index in [4.69, 9.17) is 5.11 Å². The van der Waals surface area contributed by atoms with Crippen molar-refractivity contribution in [3.05, 3.63) is 59.7 Å². The van der Waals surface area contributed by atoms with Crippen molar-refractivity contribution in [1.29, 1.82) is 0 Å². The third kappa shape index (κ3) is 4.01. The molecule has 2 aromatic rings. The molecule has 2 heterocycles. The number of rotatable bonds is 5. The molecule has 4 heteroatoms. The van der Waals surface area contributed by atoms with Crippen LogP contribution in [0.3, 0.4) is 0 Å². The standard InChI is InChI=1S/C23H28N2O2/c26-23(27)20-12-16-24(17-13-20)14-5-15-25-21-8-3-1-6-18(21)10-11-19-7-2-4-9-22(19)25/h1-4,6-9,20H,5,10-17H2,(H,26,27). The molecule has 142 valence electrons. The molecule has 1 N–H and O–H groups in total. The minimum atomic E-state index is -0.632. The normalized spacial score (nSPS) is 17.9. The predicted molar refractivity (Wildman–Crippen MR) is 109 cm³/mol. The van der Waals surface area contributed by atoms with Crippen LogP contribution in [0.25, 0.3) is 0 Å². The van der Waals surface area contributed by atoms with E-state index in [-0.39, 0.29) is 5.92 Å². The number of para-hydroxylation sites is 2. The quantitative estimate of drug-likeness (QED) is 0.867. The maximum absolute atomic E-state index is 11.1. The lowest BCUT2D eigenvalue weighted by molar-refractivity contribution is -0.143. The fourth-order valence-electron chi connectivity index (χ4n) is 4.47. The zero-order valence-electron chi connectivity index (χ0n) is 15.8. The second-order valence-corrected chi connectivity index (χ2v) is 7.72. The molecule has 2 aromatic carbocycles. The van der Waals surface area contributed by atoms with Crippen LogP contribution < -0.4 is 4.90 Å². The van der Waals surface area contributed by atoms with E-state index in [1.54, 1.807) is 0 Å². The monoisotopic (exact) mass is 364 g/mol. The summed E-state index contributed by atoms with van der Waals surface area (Å²) >= 11 is 0. The first kappa shape index (κ1) is 18.1. The summed E-state index contributed by atoms with van der Waals surface area (Å²) in [4.78, 5) is 16.0. The summed E-state index contributed by atoms with van der Waals surface area (Å²) in [6, 6.07) is 17.5. The fourth-order valence-corrected chi connectivity index (χ4v) is 4.47. The molecular formula is C23H28N2O2. The molecule has 27 heavy (non-hydrogen) atoms. The summed E-state index contributed by atoms with van der Waals surface area (Å²) in [6.45, 7) is 3.84. The molecular weight excluding hydrogens is 336 g/mol. The van der Waals surface area contributed by atoms with Crippen molar-refractivity contribution in [2.24, 2.45) is 5.92 Å². The summed E-state index contributed by atoms with van der Waals surface area (Å²) < 4.78 is 0. The van der Waals surface area contributed by atoms with Crippen LogP contribution in [-0.4, -0.2) is 42.2 Å². The third-order valence-electron chi connectivity index (χ3n) is 6.02. The molecule has 2 aliphatic heterocycles. The van der Waals surface area contributed by atoms with Gasteiger partial charge in [0.15, 0.2) is 0 Å². The van der Waals surface area contributed by atoms with E-state index in [2.05, 4.69) is 58.3 Å². The van der Waals surface area contributed by atoms with Gasteiger partial charge in [0.1, 0.15) is 0 Å². The van der Waals surface area contributed by atoms with Gasteiger partial charge >= 0.3 is 5.97 Å². The van der Waals surface area contributed by atoms with Gasteiger partial charge in [0.25, 0.3) is 0 Å². The van der Waals surface area contributed by atoms with E-state index in [9.17, 15) is 4.79 Å². The lowest BCUT2D eigenvalue weighted by Crippen LogP contribution is -2.37. The molecule has 0 bridgehead atoms. The van der Waals surface area contributed by atoms with Gasteiger partial charge < -0.3 is 14.9 Å². The summed E-state index contributed by atoms with van der Waals surface area (Å²) in [5, 5.41) is 9.16. The van der Waals surface area contributed by atoms with Gasteiger partial charge in [-0.3, -0.25) is 4.79 Å². The molecule has 0 radical (unpaired) electrons. The number of aliphatic carboxylic acids is 1. The Balaban J connectivity index is 1.43. The van der Waals surface area contributed by atoms with Crippen LogP contribution in [-0.2, 0) is 17.6 Å². The van der Waals surface area contributed by atoms with Crippen LogP contribution in [0.1, 0.15) is 30.4 Å². The number of benzene rings is 2. The molecule has 0 aliphatic carbocycles. The van der Waals surface area contributed by atoms with Crippen LogP contribution in [0.2, 0.25) is 0 Å². The van der Waals surface area contributed by atoms with E-state index in [0.29, 0.717) is 0 Å². The molecule has 4 nitrogen and oxygen atoms in total. The maximum Gasteiger partial charge on any atom is 0.306 e. The molecule has 1 saturated heterocycles. The number of piperidine rings is 1. The van der Waals surface area contributed by atoms with Crippen molar-refractivity contribution >= 4 is 17.3 Å². The van der Waals surface area contributed by atoms with Crippen LogP contribution in [0.15, 0.2) is 48.5 Å². The molecule has 0 amide bonds. The molecule has 0 saturated carbocycles. The number of anilines is 2. The number of carbonyl (C=O) groups is 1. The van der Waals surface area contributed by atoms with Gasteiger partial charge in [-0.2, -0.15) is 0 Å². The number of hydrogen-bond acceptors (Lipinski definition) is 3. The Morgan fingerprint density at radius 2 is 1.44 bits per heavy atom. The second-order valence-electron chi connectivity index (χ2n) is 7.72. The average molecular weight is 364 g/mol. The largest absolute Gasteiger partial charge is 0.481 e. The van der Waals surface area contributed by atoms with Gasteiger partial charge in [0.2, 0.25) is 0 Å². The minimum Gasteiger partial charge on any atom is -0.481 e. The van der Waals surface area contributed by atoms with Gasteiger partial charge in [0, 0.05) is 17.9 Å². The van der Waals surface area contributed by atoms with E-state index in [1.807, 2.05) is 0 Å². The summed E-state index contributed by atoms with van der Waals surface area (Å²) in [7, 11) is 0. The van der Waals surface area contributed by atoms with Crippen LogP contribution >= 0.6 is 0 Å². The zero-order chi connectivity index (χ0) is 18.6. The molecule has 0 unspecified atom stereocenters. The number of aryl methyl sites for hydroxylation is 2. The molecule has 0 aromatic heterocycles. The minimum absolute atomic E-state index is 0.148. The van der Waals surface area contributed by atoms with Crippen LogP contribution in [0.4, 0.5) is 11.4 Å². The van der Waals surface area contributed by atoms with Crippen LogP contribution in [0.5, 0.6) is 0 Å². The fraction of sp³-hybridized carbons (Fsp3) is 0.435. The number of nitrogens with zero attached hydrogens (tertiary/aromatic N) is 2. The first-order valence-electron chi connectivity index (χ1n) is 10.1. The van der Waals surface area contributed by atoms with E-state index in [0.717, 1.165) is 58.3 Å².